The highest BCUT2D eigenvalue weighted by Gasteiger charge is 2.18. The van der Waals surface area contributed by atoms with E-state index in [-0.39, 0.29) is 5.56 Å². The average Bonchev–Trinajstić information content (AvgIpc) is 2.58. The molecule has 1 unspecified atom stereocenters. The Balaban J connectivity index is 2.39. The maximum atomic E-state index is 13.6. The molecule has 1 atom stereocenters. The number of benzene rings is 1. The van der Waals surface area contributed by atoms with Crippen LogP contribution in [0.25, 0.3) is 0 Å². The van der Waals surface area contributed by atoms with Gasteiger partial charge in [0.25, 0.3) is 0 Å². The molecule has 90 valence electrons. The molecule has 0 saturated carbocycles. The number of aliphatic hydroxyl groups excluding tert-OH is 1. The van der Waals surface area contributed by atoms with Gasteiger partial charge in [0.15, 0.2) is 0 Å². The van der Waals surface area contributed by atoms with E-state index in [2.05, 4.69) is 15.9 Å². The largest absolute Gasteiger partial charge is 0.383 e. The Morgan fingerprint density at radius 3 is 2.53 bits per heavy atom. The van der Waals surface area contributed by atoms with Crippen LogP contribution in [0.1, 0.15) is 16.5 Å². The summed E-state index contributed by atoms with van der Waals surface area (Å²) in [7, 11) is 0. The topological polar surface area (TPSA) is 20.2 Å². The number of hydrogen-bond donors (Lipinski definition) is 1. The maximum absolute atomic E-state index is 13.6. The number of aliphatic hydroxyl groups is 1. The summed E-state index contributed by atoms with van der Waals surface area (Å²) in [6.07, 6.45) is -1.04. The molecule has 0 radical (unpaired) electrons. The second-order valence-corrected chi connectivity index (χ2v) is 6.58. The van der Waals surface area contributed by atoms with Crippen LogP contribution in [0, 0.1) is 5.82 Å². The fourth-order valence-corrected chi connectivity index (χ4v) is 3.29. The lowest BCUT2D eigenvalue weighted by atomic mass is 10.1. The van der Waals surface area contributed by atoms with Crippen LogP contribution in [-0.4, -0.2) is 5.11 Å². The van der Waals surface area contributed by atoms with Crippen molar-refractivity contribution in [2.75, 3.05) is 0 Å². The fraction of sp³-hybridized carbons (Fsp3) is 0.0909. The summed E-state index contributed by atoms with van der Waals surface area (Å²) in [5.74, 6) is -0.536. The van der Waals surface area contributed by atoms with Gasteiger partial charge in [-0.3, -0.25) is 0 Å². The SMILES string of the molecule is OC(c1cc(Cl)c(Br)s1)c1ccc(Cl)cc1F. The van der Waals surface area contributed by atoms with Crippen molar-refractivity contribution in [3.63, 3.8) is 0 Å². The molecule has 6 heteroatoms. The van der Waals surface area contributed by atoms with Gasteiger partial charge in [-0.05, 0) is 34.1 Å². The molecule has 0 fully saturated rings. The Morgan fingerprint density at radius 2 is 2.00 bits per heavy atom. The first-order valence-electron chi connectivity index (χ1n) is 4.57. The number of thiophene rings is 1. The third-order valence-electron chi connectivity index (χ3n) is 2.19. The summed E-state index contributed by atoms with van der Waals surface area (Å²) in [5, 5.41) is 10.8. The summed E-state index contributed by atoms with van der Waals surface area (Å²) >= 11 is 16.0. The van der Waals surface area contributed by atoms with E-state index in [4.69, 9.17) is 23.2 Å². The third kappa shape index (κ3) is 2.83. The molecule has 0 aliphatic heterocycles. The van der Waals surface area contributed by atoms with Crippen LogP contribution in [0.2, 0.25) is 10.0 Å². The van der Waals surface area contributed by atoms with Crippen LogP contribution in [0.5, 0.6) is 0 Å². The predicted molar refractivity (Wildman–Crippen MR) is 72.5 cm³/mol. The molecule has 1 aromatic heterocycles. The van der Waals surface area contributed by atoms with Crippen molar-refractivity contribution in [3.8, 4) is 0 Å². The Kier molecular flexibility index (Phi) is 4.10. The van der Waals surface area contributed by atoms with Gasteiger partial charge < -0.3 is 5.11 Å². The van der Waals surface area contributed by atoms with Crippen LogP contribution in [-0.2, 0) is 0 Å². The van der Waals surface area contributed by atoms with Gasteiger partial charge in [0.2, 0.25) is 0 Å². The van der Waals surface area contributed by atoms with Crippen LogP contribution < -0.4 is 0 Å². The van der Waals surface area contributed by atoms with Gasteiger partial charge in [0, 0.05) is 15.5 Å². The van der Waals surface area contributed by atoms with Crippen molar-refractivity contribution in [3.05, 3.63) is 54.4 Å². The van der Waals surface area contributed by atoms with E-state index in [1.165, 1.54) is 29.5 Å². The summed E-state index contributed by atoms with van der Waals surface area (Å²) < 4.78 is 14.3. The monoisotopic (exact) mass is 354 g/mol. The zero-order valence-corrected chi connectivity index (χ0v) is 12.2. The molecule has 2 aromatic rings. The highest BCUT2D eigenvalue weighted by molar-refractivity contribution is 9.11. The van der Waals surface area contributed by atoms with Gasteiger partial charge in [-0.2, -0.15) is 0 Å². The molecule has 0 saturated heterocycles. The molecule has 2 rings (SSSR count). The smallest absolute Gasteiger partial charge is 0.130 e. The summed E-state index contributed by atoms with van der Waals surface area (Å²) in [4.78, 5) is 0.572. The zero-order chi connectivity index (χ0) is 12.6. The Hall–Kier alpha value is -0.130. The minimum absolute atomic E-state index is 0.180. The van der Waals surface area contributed by atoms with Crippen LogP contribution in [0.4, 0.5) is 4.39 Å². The number of halogens is 4. The zero-order valence-electron chi connectivity index (χ0n) is 8.25. The number of rotatable bonds is 2. The Bertz CT molecular complexity index is 539. The second-order valence-electron chi connectivity index (χ2n) is 3.34. The van der Waals surface area contributed by atoms with Crippen LogP contribution in [0.15, 0.2) is 28.1 Å². The van der Waals surface area contributed by atoms with Gasteiger partial charge in [0.1, 0.15) is 11.9 Å². The van der Waals surface area contributed by atoms with Gasteiger partial charge in [0.05, 0.1) is 8.81 Å². The minimum Gasteiger partial charge on any atom is -0.383 e. The van der Waals surface area contributed by atoms with E-state index in [0.29, 0.717) is 18.7 Å². The van der Waals surface area contributed by atoms with Crippen molar-refractivity contribution < 1.29 is 9.50 Å². The van der Waals surface area contributed by atoms with Crippen LogP contribution >= 0.6 is 50.5 Å². The standard InChI is InChI=1S/C11H6BrCl2FOS/c12-11-7(14)4-9(17-11)10(16)6-2-1-5(13)3-8(6)15/h1-4,10,16H. The quantitative estimate of drug-likeness (QED) is 0.800. The van der Waals surface area contributed by atoms with Crippen molar-refractivity contribution >= 4 is 50.5 Å². The highest BCUT2D eigenvalue weighted by atomic mass is 79.9. The van der Waals surface area contributed by atoms with Gasteiger partial charge in [-0.1, -0.05) is 29.3 Å². The average molecular weight is 356 g/mol. The summed E-state index contributed by atoms with van der Waals surface area (Å²) in [6.45, 7) is 0. The second kappa shape index (κ2) is 5.24. The number of hydrogen-bond acceptors (Lipinski definition) is 2. The highest BCUT2D eigenvalue weighted by Crippen LogP contribution is 2.38. The van der Waals surface area contributed by atoms with E-state index in [0.717, 1.165) is 0 Å². The van der Waals surface area contributed by atoms with Gasteiger partial charge in [-0.25, -0.2) is 4.39 Å². The molecule has 1 nitrogen and oxygen atoms in total. The van der Waals surface area contributed by atoms with Gasteiger partial charge in [-0.15, -0.1) is 11.3 Å². The first-order chi connectivity index (χ1) is 7.99. The molecule has 17 heavy (non-hydrogen) atoms. The van der Waals surface area contributed by atoms with Crippen molar-refractivity contribution in [1.82, 2.24) is 0 Å². The molecule has 0 bridgehead atoms. The molecule has 1 heterocycles. The van der Waals surface area contributed by atoms with Crippen molar-refractivity contribution in [2.45, 2.75) is 6.10 Å². The lowest BCUT2D eigenvalue weighted by molar-refractivity contribution is 0.219. The molecule has 0 aliphatic rings. The van der Waals surface area contributed by atoms with Crippen molar-refractivity contribution in [1.29, 1.82) is 0 Å². The fourth-order valence-electron chi connectivity index (χ4n) is 1.37. The maximum Gasteiger partial charge on any atom is 0.130 e. The first kappa shape index (κ1) is 13.3. The van der Waals surface area contributed by atoms with E-state index < -0.39 is 11.9 Å². The summed E-state index contributed by atoms with van der Waals surface area (Å²) in [5.41, 5.74) is 0.180. The molecular weight excluding hydrogens is 350 g/mol. The van der Waals surface area contributed by atoms with Crippen molar-refractivity contribution in [2.24, 2.45) is 0 Å². The van der Waals surface area contributed by atoms with E-state index >= 15 is 0 Å². The lowest BCUT2D eigenvalue weighted by Gasteiger charge is -2.09. The Labute approximate surface area is 120 Å². The normalized spacial score (nSPS) is 12.8. The lowest BCUT2D eigenvalue weighted by Crippen LogP contribution is -2.00. The van der Waals surface area contributed by atoms with E-state index in [1.54, 1.807) is 6.07 Å². The van der Waals surface area contributed by atoms with Crippen LogP contribution in [0.3, 0.4) is 0 Å². The minimum atomic E-state index is -1.04. The Morgan fingerprint density at radius 1 is 1.29 bits per heavy atom. The molecule has 0 aliphatic carbocycles. The summed E-state index contributed by atoms with van der Waals surface area (Å²) in [6, 6.07) is 5.77. The van der Waals surface area contributed by atoms with Gasteiger partial charge >= 0.3 is 0 Å². The predicted octanol–water partition coefficient (Wildman–Crippen LogP) is 5.04. The van der Waals surface area contributed by atoms with E-state index in [1.807, 2.05) is 0 Å². The molecule has 1 N–H and O–H groups in total. The molecular formula is C11H6BrCl2FOS. The third-order valence-corrected chi connectivity index (χ3v) is 4.95. The molecule has 1 aromatic carbocycles. The molecule has 0 spiro atoms. The first-order valence-corrected chi connectivity index (χ1v) is 6.93. The molecule has 0 amide bonds. The van der Waals surface area contributed by atoms with E-state index in [9.17, 15) is 9.50 Å².